The molecule has 1 saturated carbocycles. The fourth-order valence-electron chi connectivity index (χ4n) is 3.87. The van der Waals surface area contributed by atoms with Crippen molar-refractivity contribution in [1.82, 2.24) is 10.2 Å². The van der Waals surface area contributed by atoms with Crippen LogP contribution in [0.5, 0.6) is 0 Å². The van der Waals surface area contributed by atoms with Gasteiger partial charge >= 0.3 is 0 Å². The number of piperazine rings is 1. The van der Waals surface area contributed by atoms with Gasteiger partial charge in [-0.3, -0.25) is 4.90 Å². The van der Waals surface area contributed by atoms with Crippen molar-refractivity contribution < 1.29 is 0 Å². The van der Waals surface area contributed by atoms with Crippen molar-refractivity contribution in [3.63, 3.8) is 0 Å². The van der Waals surface area contributed by atoms with E-state index in [1.807, 2.05) is 0 Å². The number of nitrogens with zero attached hydrogens (tertiary/aromatic N) is 1. The smallest absolute Gasteiger partial charge is 0.0558 e. The van der Waals surface area contributed by atoms with Crippen molar-refractivity contribution in [3.8, 4) is 0 Å². The molecule has 116 valence electrons. The fourth-order valence-corrected chi connectivity index (χ4v) is 3.87. The second-order valence-electron chi connectivity index (χ2n) is 7.21. The minimum atomic E-state index is 0.154. The van der Waals surface area contributed by atoms with E-state index in [-0.39, 0.29) is 5.54 Å². The number of hydrogen-bond acceptors (Lipinski definition) is 2. The van der Waals surface area contributed by atoms with Gasteiger partial charge < -0.3 is 5.32 Å². The van der Waals surface area contributed by atoms with Crippen LogP contribution in [0, 0.1) is 5.92 Å². The van der Waals surface area contributed by atoms with Gasteiger partial charge in [0.25, 0.3) is 0 Å². The molecule has 1 N–H and O–H groups in total. The van der Waals surface area contributed by atoms with Crippen molar-refractivity contribution in [3.05, 3.63) is 35.9 Å². The summed E-state index contributed by atoms with van der Waals surface area (Å²) in [5, 5.41) is 3.81. The average Bonchev–Trinajstić information content (AvgIpc) is 2.47. The third-order valence-electron chi connectivity index (χ3n) is 5.61. The summed E-state index contributed by atoms with van der Waals surface area (Å²) in [5.74, 6) is 0.938. The quantitative estimate of drug-likeness (QED) is 0.886. The molecule has 0 spiro atoms. The Kier molecular flexibility index (Phi) is 4.66. The Morgan fingerprint density at radius 3 is 2.62 bits per heavy atom. The fraction of sp³-hybridized carbons (Fsp3) is 0.684. The summed E-state index contributed by atoms with van der Waals surface area (Å²) < 4.78 is 0. The van der Waals surface area contributed by atoms with Crippen LogP contribution < -0.4 is 5.32 Å². The second kappa shape index (κ2) is 6.50. The van der Waals surface area contributed by atoms with E-state index in [0.717, 1.165) is 12.5 Å². The molecule has 3 rings (SSSR count). The zero-order valence-corrected chi connectivity index (χ0v) is 13.6. The van der Waals surface area contributed by atoms with E-state index in [4.69, 9.17) is 0 Å². The molecule has 1 aliphatic heterocycles. The van der Waals surface area contributed by atoms with E-state index in [0.29, 0.717) is 6.04 Å². The van der Waals surface area contributed by atoms with Crippen LogP contribution in [0.3, 0.4) is 0 Å². The Labute approximate surface area is 129 Å². The number of benzene rings is 1. The maximum atomic E-state index is 3.81. The third-order valence-corrected chi connectivity index (χ3v) is 5.61. The molecule has 2 atom stereocenters. The molecule has 0 radical (unpaired) electrons. The molecule has 2 aliphatic rings. The first-order chi connectivity index (χ1) is 10.2. The molecule has 1 heterocycles. The van der Waals surface area contributed by atoms with Crippen LogP contribution in [0.2, 0.25) is 0 Å². The minimum Gasteiger partial charge on any atom is -0.311 e. The van der Waals surface area contributed by atoms with E-state index in [9.17, 15) is 0 Å². The first kappa shape index (κ1) is 15.1. The summed E-state index contributed by atoms with van der Waals surface area (Å²) in [5.41, 5.74) is 1.62. The lowest BCUT2D eigenvalue weighted by molar-refractivity contribution is 0.0210. The predicted molar refractivity (Wildman–Crippen MR) is 89.4 cm³/mol. The van der Waals surface area contributed by atoms with Crippen LogP contribution in [-0.4, -0.2) is 30.6 Å². The molecular weight excluding hydrogens is 256 g/mol. The van der Waals surface area contributed by atoms with Gasteiger partial charge in [0.05, 0.1) is 5.54 Å². The minimum absolute atomic E-state index is 0.154. The molecular formula is C19H30N2. The Morgan fingerprint density at radius 1 is 1.24 bits per heavy atom. The molecule has 1 aliphatic carbocycles. The molecule has 2 nitrogen and oxygen atoms in total. The Morgan fingerprint density at radius 2 is 2.00 bits per heavy atom. The van der Waals surface area contributed by atoms with Gasteiger partial charge in [0.2, 0.25) is 0 Å². The molecule has 0 amide bonds. The van der Waals surface area contributed by atoms with Gasteiger partial charge in [-0.2, -0.15) is 0 Å². The van der Waals surface area contributed by atoms with Crippen molar-refractivity contribution in [2.75, 3.05) is 19.6 Å². The van der Waals surface area contributed by atoms with Gasteiger partial charge in [-0.05, 0) is 37.7 Å². The third kappa shape index (κ3) is 3.17. The normalized spacial score (nSPS) is 31.0. The number of nitrogens with one attached hydrogen (secondary N) is 1. The highest BCUT2D eigenvalue weighted by Gasteiger charge is 2.40. The van der Waals surface area contributed by atoms with Crippen LogP contribution in [-0.2, 0) is 5.54 Å². The molecule has 1 saturated heterocycles. The first-order valence-corrected chi connectivity index (χ1v) is 8.76. The highest BCUT2D eigenvalue weighted by molar-refractivity contribution is 5.25. The topological polar surface area (TPSA) is 15.3 Å². The highest BCUT2D eigenvalue weighted by Crippen LogP contribution is 2.35. The zero-order valence-electron chi connectivity index (χ0n) is 13.6. The first-order valence-electron chi connectivity index (χ1n) is 8.76. The number of rotatable bonds is 5. The van der Waals surface area contributed by atoms with Gasteiger partial charge in [0.15, 0.2) is 0 Å². The lowest BCUT2D eigenvalue weighted by atomic mass is 9.81. The van der Waals surface area contributed by atoms with Crippen LogP contribution >= 0.6 is 0 Å². The van der Waals surface area contributed by atoms with Gasteiger partial charge in [-0.1, -0.05) is 50.1 Å². The zero-order chi connectivity index (χ0) is 14.7. The van der Waals surface area contributed by atoms with Gasteiger partial charge in [0, 0.05) is 25.7 Å². The van der Waals surface area contributed by atoms with E-state index < -0.39 is 0 Å². The summed E-state index contributed by atoms with van der Waals surface area (Å²) in [6.07, 6.45) is 6.89. The Hall–Kier alpha value is -0.860. The van der Waals surface area contributed by atoms with Gasteiger partial charge in [-0.25, -0.2) is 0 Å². The summed E-state index contributed by atoms with van der Waals surface area (Å²) in [6.45, 7) is 8.29. The molecule has 2 heteroatoms. The molecule has 0 aromatic heterocycles. The molecule has 0 bridgehead atoms. The monoisotopic (exact) mass is 286 g/mol. The molecule has 1 aromatic carbocycles. The van der Waals surface area contributed by atoms with Gasteiger partial charge in [-0.15, -0.1) is 0 Å². The highest BCUT2D eigenvalue weighted by atomic mass is 15.3. The average molecular weight is 286 g/mol. The van der Waals surface area contributed by atoms with E-state index >= 15 is 0 Å². The number of hydrogen-bond donors (Lipinski definition) is 1. The van der Waals surface area contributed by atoms with Crippen LogP contribution in [0.4, 0.5) is 0 Å². The van der Waals surface area contributed by atoms with E-state index in [1.165, 1.54) is 50.8 Å². The lowest BCUT2D eigenvalue weighted by Crippen LogP contribution is -2.62. The van der Waals surface area contributed by atoms with Crippen molar-refractivity contribution >= 4 is 0 Å². The summed E-state index contributed by atoms with van der Waals surface area (Å²) in [7, 11) is 0. The van der Waals surface area contributed by atoms with Crippen LogP contribution in [0.25, 0.3) is 0 Å². The second-order valence-corrected chi connectivity index (χ2v) is 7.21. The molecule has 2 fully saturated rings. The maximum absolute atomic E-state index is 3.81. The molecule has 2 unspecified atom stereocenters. The summed E-state index contributed by atoms with van der Waals surface area (Å²) in [6, 6.07) is 11.8. The standard InChI is InChI=1S/C19H30N2/c1-3-8-18-14-21(13-16-9-7-10-16)19(2,15-20-18)17-11-5-4-6-12-17/h4-6,11-12,16,18,20H,3,7-10,13-15H2,1-2H3. The maximum Gasteiger partial charge on any atom is 0.0558 e. The largest absolute Gasteiger partial charge is 0.311 e. The van der Waals surface area contributed by atoms with Crippen molar-refractivity contribution in [1.29, 1.82) is 0 Å². The van der Waals surface area contributed by atoms with Gasteiger partial charge in [0.1, 0.15) is 0 Å². The van der Waals surface area contributed by atoms with Crippen LogP contribution in [0.15, 0.2) is 30.3 Å². The van der Waals surface area contributed by atoms with Crippen LogP contribution in [0.1, 0.15) is 51.5 Å². The Balaban J connectivity index is 1.79. The Bertz CT molecular complexity index is 440. The van der Waals surface area contributed by atoms with E-state index in [2.05, 4.69) is 54.4 Å². The molecule has 21 heavy (non-hydrogen) atoms. The van der Waals surface area contributed by atoms with E-state index in [1.54, 1.807) is 0 Å². The lowest BCUT2D eigenvalue weighted by Gasteiger charge is -2.50. The summed E-state index contributed by atoms with van der Waals surface area (Å²) in [4.78, 5) is 2.78. The summed E-state index contributed by atoms with van der Waals surface area (Å²) >= 11 is 0. The van der Waals surface area contributed by atoms with Crippen molar-refractivity contribution in [2.45, 2.75) is 57.5 Å². The molecule has 1 aromatic rings. The van der Waals surface area contributed by atoms with Crippen molar-refractivity contribution in [2.24, 2.45) is 5.92 Å². The predicted octanol–water partition coefficient (Wildman–Crippen LogP) is 3.78. The SMILES string of the molecule is CCCC1CN(CC2CCC2)C(C)(c2ccccc2)CN1.